The van der Waals surface area contributed by atoms with Crippen LogP contribution in [0, 0.1) is 0 Å². The normalized spacial score (nSPS) is 10.6. The van der Waals surface area contributed by atoms with Crippen LogP contribution in [0.2, 0.25) is 0 Å². The Morgan fingerprint density at radius 3 is 2.61 bits per heavy atom. The monoisotopic (exact) mass is 245 g/mol. The highest BCUT2D eigenvalue weighted by atomic mass is 16.4. The summed E-state index contributed by atoms with van der Waals surface area (Å²) in [6.07, 6.45) is 2.04. The molecule has 4 nitrogen and oxygen atoms in total. The number of carbonyl (C=O) groups is 1. The Kier molecular flexibility index (Phi) is 3.89. The molecule has 0 spiro atoms. The van der Waals surface area contributed by atoms with Crippen molar-refractivity contribution in [1.82, 2.24) is 4.98 Å². The first kappa shape index (κ1) is 12.5. The average Bonchev–Trinajstić information content (AvgIpc) is 2.82. The van der Waals surface area contributed by atoms with E-state index in [1.807, 2.05) is 6.92 Å². The highest BCUT2D eigenvalue weighted by molar-refractivity contribution is 5.76. The number of aromatic nitrogens is 1. The molecule has 0 bridgehead atoms. The van der Waals surface area contributed by atoms with Gasteiger partial charge in [-0.15, -0.1) is 0 Å². The van der Waals surface area contributed by atoms with E-state index >= 15 is 0 Å². The first-order chi connectivity index (χ1) is 8.78. The van der Waals surface area contributed by atoms with E-state index < -0.39 is 0 Å². The summed E-state index contributed by atoms with van der Waals surface area (Å²) in [5.74, 6) is 1.34. The molecular formula is C14H15NO3. The average molecular weight is 245 g/mol. The van der Waals surface area contributed by atoms with Crippen LogP contribution in [0.15, 0.2) is 28.7 Å². The van der Waals surface area contributed by atoms with E-state index in [9.17, 15) is 4.79 Å². The van der Waals surface area contributed by atoms with Crippen LogP contribution in [0.3, 0.4) is 0 Å². The zero-order valence-electron chi connectivity index (χ0n) is 10.2. The molecule has 0 aliphatic heterocycles. The van der Waals surface area contributed by atoms with Gasteiger partial charge in [0, 0.05) is 30.6 Å². The maximum atomic E-state index is 10.6. The molecule has 18 heavy (non-hydrogen) atoms. The van der Waals surface area contributed by atoms with Crippen LogP contribution < -0.4 is 0 Å². The van der Waals surface area contributed by atoms with Gasteiger partial charge < -0.3 is 9.52 Å². The molecule has 1 aromatic carbocycles. The molecule has 4 heteroatoms. The maximum absolute atomic E-state index is 10.6. The van der Waals surface area contributed by atoms with E-state index in [2.05, 4.69) is 4.98 Å². The molecule has 94 valence electrons. The van der Waals surface area contributed by atoms with Crippen LogP contribution in [0.25, 0.3) is 11.5 Å². The molecule has 1 aromatic heterocycles. The minimum atomic E-state index is 0.0586. The molecule has 2 aromatic rings. The topological polar surface area (TPSA) is 63.3 Å². The zero-order chi connectivity index (χ0) is 13.0. The second-order valence-corrected chi connectivity index (χ2v) is 3.96. The summed E-state index contributed by atoms with van der Waals surface area (Å²) in [6, 6.07) is 7.06. The van der Waals surface area contributed by atoms with Gasteiger partial charge in [-0.2, -0.15) is 0 Å². The highest BCUT2D eigenvalue weighted by Gasteiger charge is 2.12. The zero-order valence-corrected chi connectivity index (χ0v) is 10.2. The predicted octanol–water partition coefficient (Wildman–Crippen LogP) is 2.25. The van der Waals surface area contributed by atoms with E-state index in [4.69, 9.17) is 9.52 Å². The lowest BCUT2D eigenvalue weighted by molar-refractivity contribution is 0.112. The third-order valence-electron chi connectivity index (χ3n) is 2.74. The van der Waals surface area contributed by atoms with Crippen LogP contribution in [-0.2, 0) is 12.8 Å². The van der Waals surface area contributed by atoms with Crippen molar-refractivity contribution < 1.29 is 14.3 Å². The molecule has 1 heterocycles. The Bertz CT molecular complexity index is 528. The highest BCUT2D eigenvalue weighted by Crippen LogP contribution is 2.23. The Morgan fingerprint density at radius 2 is 2.06 bits per heavy atom. The lowest BCUT2D eigenvalue weighted by Gasteiger charge is -1.95. The lowest BCUT2D eigenvalue weighted by Crippen LogP contribution is -1.94. The largest absolute Gasteiger partial charge is 0.441 e. The number of carbonyl (C=O) groups excluding carboxylic acids is 1. The van der Waals surface area contributed by atoms with Crippen LogP contribution >= 0.6 is 0 Å². The van der Waals surface area contributed by atoms with E-state index in [1.54, 1.807) is 24.3 Å². The number of aldehydes is 1. The minimum Gasteiger partial charge on any atom is -0.441 e. The van der Waals surface area contributed by atoms with Crippen molar-refractivity contribution in [3.05, 3.63) is 41.3 Å². The molecule has 2 rings (SSSR count). The number of hydrogen-bond acceptors (Lipinski definition) is 4. The summed E-state index contributed by atoms with van der Waals surface area (Å²) in [4.78, 5) is 15.0. The second kappa shape index (κ2) is 5.60. The second-order valence-electron chi connectivity index (χ2n) is 3.96. The van der Waals surface area contributed by atoms with Crippen molar-refractivity contribution in [2.75, 3.05) is 6.61 Å². The van der Waals surface area contributed by atoms with Gasteiger partial charge in [-0.25, -0.2) is 4.98 Å². The number of rotatable bonds is 5. The van der Waals surface area contributed by atoms with Gasteiger partial charge in [-0.1, -0.05) is 19.1 Å². The number of aliphatic hydroxyl groups excluding tert-OH is 1. The van der Waals surface area contributed by atoms with Gasteiger partial charge in [0.25, 0.3) is 0 Å². The quantitative estimate of drug-likeness (QED) is 0.820. The summed E-state index contributed by atoms with van der Waals surface area (Å²) in [7, 11) is 0. The first-order valence-electron chi connectivity index (χ1n) is 5.93. The Labute approximate surface area is 105 Å². The van der Waals surface area contributed by atoms with Crippen molar-refractivity contribution in [2.24, 2.45) is 0 Å². The van der Waals surface area contributed by atoms with Crippen LogP contribution in [0.4, 0.5) is 0 Å². The third kappa shape index (κ3) is 2.49. The van der Waals surface area contributed by atoms with Crippen molar-refractivity contribution >= 4 is 6.29 Å². The molecule has 0 radical (unpaired) electrons. The smallest absolute Gasteiger partial charge is 0.226 e. The van der Waals surface area contributed by atoms with Crippen molar-refractivity contribution in [1.29, 1.82) is 0 Å². The Hall–Kier alpha value is -1.94. The van der Waals surface area contributed by atoms with Crippen LogP contribution in [-0.4, -0.2) is 23.0 Å². The Balaban J connectivity index is 2.34. The molecule has 0 aliphatic rings. The van der Waals surface area contributed by atoms with Gasteiger partial charge >= 0.3 is 0 Å². The van der Waals surface area contributed by atoms with Crippen molar-refractivity contribution in [3.63, 3.8) is 0 Å². The maximum Gasteiger partial charge on any atom is 0.226 e. The summed E-state index contributed by atoms with van der Waals surface area (Å²) >= 11 is 0. The fraction of sp³-hybridized carbons (Fsp3) is 0.286. The molecule has 0 saturated carbocycles. The molecule has 0 aliphatic carbocycles. The molecule has 0 saturated heterocycles. The molecular weight excluding hydrogens is 230 g/mol. The number of aryl methyl sites for hydroxylation is 1. The van der Waals surface area contributed by atoms with E-state index in [-0.39, 0.29) is 6.61 Å². The SMILES string of the molecule is CCc1oc(-c2ccc(C=O)cc2)nc1CCO. The Morgan fingerprint density at radius 1 is 1.33 bits per heavy atom. The molecule has 0 amide bonds. The van der Waals surface area contributed by atoms with Crippen LogP contribution in [0.1, 0.15) is 28.7 Å². The van der Waals surface area contributed by atoms with E-state index in [0.29, 0.717) is 17.9 Å². The molecule has 0 atom stereocenters. The van der Waals surface area contributed by atoms with Crippen molar-refractivity contribution in [3.8, 4) is 11.5 Å². The number of aliphatic hydroxyl groups is 1. The van der Waals surface area contributed by atoms with Gasteiger partial charge in [0.05, 0.1) is 5.69 Å². The van der Waals surface area contributed by atoms with Gasteiger partial charge in [0.1, 0.15) is 12.0 Å². The standard InChI is InChI=1S/C14H15NO3/c1-2-13-12(7-8-16)15-14(18-13)11-5-3-10(9-17)4-6-11/h3-6,9,16H,2,7-8H2,1H3. The number of nitrogens with zero attached hydrogens (tertiary/aromatic N) is 1. The number of hydrogen-bond donors (Lipinski definition) is 1. The number of oxazole rings is 1. The third-order valence-corrected chi connectivity index (χ3v) is 2.74. The predicted molar refractivity (Wildman–Crippen MR) is 67.5 cm³/mol. The van der Waals surface area contributed by atoms with Gasteiger partial charge in [-0.05, 0) is 12.1 Å². The number of benzene rings is 1. The van der Waals surface area contributed by atoms with E-state index in [0.717, 1.165) is 29.7 Å². The van der Waals surface area contributed by atoms with Crippen molar-refractivity contribution in [2.45, 2.75) is 19.8 Å². The summed E-state index contributed by atoms with van der Waals surface area (Å²) in [5.41, 5.74) is 2.26. The van der Waals surface area contributed by atoms with Crippen LogP contribution in [0.5, 0.6) is 0 Å². The summed E-state index contributed by atoms with van der Waals surface area (Å²) in [6.45, 7) is 2.05. The lowest BCUT2D eigenvalue weighted by atomic mass is 10.1. The minimum absolute atomic E-state index is 0.0586. The summed E-state index contributed by atoms with van der Waals surface area (Å²) in [5, 5.41) is 8.97. The van der Waals surface area contributed by atoms with E-state index in [1.165, 1.54) is 0 Å². The summed E-state index contributed by atoms with van der Waals surface area (Å²) < 4.78 is 5.67. The molecule has 0 unspecified atom stereocenters. The van der Waals surface area contributed by atoms with Gasteiger partial charge in [0.15, 0.2) is 0 Å². The molecule has 1 N–H and O–H groups in total. The fourth-order valence-electron chi connectivity index (χ4n) is 1.79. The van der Waals surface area contributed by atoms with Gasteiger partial charge in [-0.3, -0.25) is 4.79 Å². The first-order valence-corrected chi connectivity index (χ1v) is 5.93. The molecule has 0 fully saturated rings. The fourth-order valence-corrected chi connectivity index (χ4v) is 1.79. The van der Waals surface area contributed by atoms with Gasteiger partial charge in [0.2, 0.25) is 5.89 Å².